The molecule has 0 aliphatic carbocycles. The minimum Gasteiger partial charge on any atom is -0.384 e. The third kappa shape index (κ3) is 3.10. The van der Waals surface area contributed by atoms with Crippen molar-refractivity contribution in [1.29, 1.82) is 0 Å². The smallest absolute Gasteiger partial charge is 0.136 e. The molecule has 0 radical (unpaired) electrons. The minimum atomic E-state index is 0.0983. The largest absolute Gasteiger partial charge is 0.384 e. The van der Waals surface area contributed by atoms with E-state index >= 15 is 0 Å². The molecular weight excluding hydrogens is 211 g/mol. The molecular formula is C8H10Cl2N2O. The Morgan fingerprint density at radius 2 is 1.92 bits per heavy atom. The molecule has 0 aromatic carbocycles. The quantitative estimate of drug-likeness (QED) is 0.735. The fraction of sp³-hybridized carbons (Fsp3) is 0.500. The summed E-state index contributed by atoms with van der Waals surface area (Å²) < 4.78 is 4.97. The Kier molecular flexibility index (Phi) is 3.90. The zero-order valence-corrected chi connectivity index (χ0v) is 8.93. The summed E-state index contributed by atoms with van der Waals surface area (Å²) in [4.78, 5) is 8.08. The molecule has 0 bridgehead atoms. The second-order valence-corrected chi connectivity index (χ2v) is 3.50. The summed E-state index contributed by atoms with van der Waals surface area (Å²) in [6.45, 7) is 2.50. The van der Waals surface area contributed by atoms with E-state index in [0.717, 1.165) is 0 Å². The molecule has 0 spiro atoms. The van der Waals surface area contributed by atoms with Gasteiger partial charge in [-0.05, 0) is 0 Å². The summed E-state index contributed by atoms with van der Waals surface area (Å²) >= 11 is 11.4. The van der Waals surface area contributed by atoms with Gasteiger partial charge in [-0.2, -0.15) is 0 Å². The maximum absolute atomic E-state index is 5.72. The third-order valence-electron chi connectivity index (χ3n) is 1.54. The number of hydrogen-bond donors (Lipinski definition) is 0. The van der Waals surface area contributed by atoms with Crippen molar-refractivity contribution in [2.45, 2.75) is 12.8 Å². The summed E-state index contributed by atoms with van der Waals surface area (Å²) in [5.41, 5.74) is 0. The molecule has 1 heterocycles. The number of hydrogen-bond acceptors (Lipinski definition) is 3. The molecule has 0 N–H and O–H groups in total. The Balaban J connectivity index is 2.87. The van der Waals surface area contributed by atoms with Crippen molar-refractivity contribution in [1.82, 2.24) is 9.97 Å². The van der Waals surface area contributed by atoms with Gasteiger partial charge in [0.2, 0.25) is 0 Å². The Labute approximate surface area is 87.1 Å². The van der Waals surface area contributed by atoms with Gasteiger partial charge in [0.25, 0.3) is 0 Å². The molecule has 1 unspecified atom stereocenters. The van der Waals surface area contributed by atoms with E-state index < -0.39 is 0 Å². The van der Waals surface area contributed by atoms with Crippen molar-refractivity contribution in [2.24, 2.45) is 0 Å². The van der Waals surface area contributed by atoms with Crippen molar-refractivity contribution in [3.8, 4) is 0 Å². The lowest BCUT2D eigenvalue weighted by molar-refractivity contribution is 0.181. The maximum atomic E-state index is 5.72. The summed E-state index contributed by atoms with van der Waals surface area (Å²) in [5.74, 6) is 0.709. The average Bonchev–Trinajstić information content (AvgIpc) is 2.03. The number of nitrogens with zero attached hydrogens (tertiary/aromatic N) is 2. The van der Waals surface area contributed by atoms with Crippen LogP contribution < -0.4 is 0 Å². The first-order valence-electron chi connectivity index (χ1n) is 3.82. The highest BCUT2D eigenvalue weighted by Crippen LogP contribution is 2.17. The standard InChI is InChI=1S/C8H10Cl2N2O/c1-5(4-13-2)8-11-6(9)3-7(10)12-8/h3,5H,4H2,1-2H3. The lowest BCUT2D eigenvalue weighted by Gasteiger charge is -2.08. The van der Waals surface area contributed by atoms with Crippen LogP contribution in [0.3, 0.4) is 0 Å². The molecule has 3 nitrogen and oxygen atoms in total. The van der Waals surface area contributed by atoms with Gasteiger partial charge in [0.05, 0.1) is 6.61 Å². The molecule has 72 valence electrons. The molecule has 0 amide bonds. The van der Waals surface area contributed by atoms with E-state index in [1.807, 2.05) is 6.92 Å². The van der Waals surface area contributed by atoms with Crippen molar-refractivity contribution in [3.63, 3.8) is 0 Å². The number of aromatic nitrogens is 2. The molecule has 0 saturated heterocycles. The van der Waals surface area contributed by atoms with Gasteiger partial charge in [-0.15, -0.1) is 0 Å². The van der Waals surface area contributed by atoms with E-state index in [-0.39, 0.29) is 5.92 Å². The van der Waals surface area contributed by atoms with Crippen LogP contribution in [0, 0.1) is 0 Å². The maximum Gasteiger partial charge on any atom is 0.136 e. The van der Waals surface area contributed by atoms with Gasteiger partial charge in [-0.3, -0.25) is 0 Å². The van der Waals surface area contributed by atoms with Crippen LogP contribution >= 0.6 is 23.2 Å². The van der Waals surface area contributed by atoms with Crippen molar-refractivity contribution in [3.05, 3.63) is 22.2 Å². The van der Waals surface area contributed by atoms with Gasteiger partial charge >= 0.3 is 0 Å². The highest BCUT2D eigenvalue weighted by molar-refractivity contribution is 6.33. The Morgan fingerprint density at radius 1 is 1.38 bits per heavy atom. The molecule has 1 atom stereocenters. The number of rotatable bonds is 3. The molecule has 0 aliphatic heterocycles. The van der Waals surface area contributed by atoms with Crippen molar-refractivity contribution >= 4 is 23.2 Å². The summed E-state index contributed by atoms with van der Waals surface area (Å²) in [6.07, 6.45) is 0. The molecule has 5 heteroatoms. The zero-order valence-electron chi connectivity index (χ0n) is 7.42. The van der Waals surface area contributed by atoms with Crippen LogP contribution in [-0.4, -0.2) is 23.7 Å². The van der Waals surface area contributed by atoms with Gasteiger partial charge in [0.1, 0.15) is 16.1 Å². The molecule has 0 aliphatic rings. The fourth-order valence-electron chi connectivity index (χ4n) is 0.952. The fourth-order valence-corrected chi connectivity index (χ4v) is 1.39. The highest BCUT2D eigenvalue weighted by Gasteiger charge is 2.10. The molecule has 0 fully saturated rings. The Bertz CT molecular complexity index is 273. The van der Waals surface area contributed by atoms with Gasteiger partial charge < -0.3 is 4.74 Å². The van der Waals surface area contributed by atoms with Crippen LogP contribution in [0.5, 0.6) is 0 Å². The predicted octanol–water partition coefficient (Wildman–Crippen LogP) is 2.53. The zero-order chi connectivity index (χ0) is 9.84. The van der Waals surface area contributed by atoms with E-state index in [1.165, 1.54) is 6.07 Å². The monoisotopic (exact) mass is 220 g/mol. The number of ether oxygens (including phenoxy) is 1. The number of halogens is 2. The van der Waals surface area contributed by atoms with Crippen LogP contribution in [-0.2, 0) is 4.74 Å². The minimum absolute atomic E-state index is 0.0983. The van der Waals surface area contributed by atoms with Crippen molar-refractivity contribution in [2.75, 3.05) is 13.7 Å². The third-order valence-corrected chi connectivity index (χ3v) is 1.93. The van der Waals surface area contributed by atoms with Crippen molar-refractivity contribution < 1.29 is 4.74 Å². The first-order chi connectivity index (χ1) is 6.13. The first kappa shape index (κ1) is 10.7. The average molecular weight is 221 g/mol. The molecule has 1 aromatic heterocycles. The topological polar surface area (TPSA) is 35.0 Å². The predicted molar refractivity (Wildman–Crippen MR) is 52.3 cm³/mol. The summed E-state index contributed by atoms with van der Waals surface area (Å²) in [6, 6.07) is 1.51. The van der Waals surface area contributed by atoms with Crippen LogP contribution in [0.4, 0.5) is 0 Å². The second kappa shape index (κ2) is 4.74. The Morgan fingerprint density at radius 3 is 2.38 bits per heavy atom. The van der Waals surface area contributed by atoms with Gasteiger partial charge in [-0.1, -0.05) is 30.1 Å². The SMILES string of the molecule is COCC(C)c1nc(Cl)cc(Cl)n1. The van der Waals surface area contributed by atoms with E-state index in [1.54, 1.807) is 7.11 Å². The van der Waals surface area contributed by atoms with E-state index in [2.05, 4.69) is 9.97 Å². The molecule has 0 saturated carbocycles. The first-order valence-corrected chi connectivity index (χ1v) is 4.58. The molecule has 1 aromatic rings. The van der Waals surface area contributed by atoms with Gasteiger partial charge in [0, 0.05) is 19.1 Å². The lowest BCUT2D eigenvalue weighted by Crippen LogP contribution is -2.06. The molecule has 13 heavy (non-hydrogen) atoms. The second-order valence-electron chi connectivity index (χ2n) is 2.73. The lowest BCUT2D eigenvalue weighted by atomic mass is 10.2. The Hall–Kier alpha value is -0.380. The van der Waals surface area contributed by atoms with Crippen LogP contribution in [0.15, 0.2) is 6.07 Å². The number of methoxy groups -OCH3 is 1. The van der Waals surface area contributed by atoms with E-state index in [0.29, 0.717) is 22.7 Å². The molecule has 1 rings (SSSR count). The van der Waals surface area contributed by atoms with Crippen LogP contribution in [0.2, 0.25) is 10.3 Å². The summed E-state index contributed by atoms with van der Waals surface area (Å²) in [7, 11) is 1.63. The van der Waals surface area contributed by atoms with E-state index in [9.17, 15) is 0 Å². The summed E-state index contributed by atoms with van der Waals surface area (Å²) in [5, 5.41) is 0.718. The van der Waals surface area contributed by atoms with E-state index in [4.69, 9.17) is 27.9 Å². The van der Waals surface area contributed by atoms with Gasteiger partial charge in [0.15, 0.2) is 0 Å². The van der Waals surface area contributed by atoms with Crippen LogP contribution in [0.25, 0.3) is 0 Å². The van der Waals surface area contributed by atoms with Gasteiger partial charge in [-0.25, -0.2) is 9.97 Å². The van der Waals surface area contributed by atoms with Crippen LogP contribution in [0.1, 0.15) is 18.7 Å². The normalized spacial score (nSPS) is 12.9. The highest BCUT2D eigenvalue weighted by atomic mass is 35.5.